The van der Waals surface area contributed by atoms with Crippen LogP contribution in [-0.4, -0.2) is 48.3 Å². The number of hydrogen-bond donors (Lipinski definition) is 1. The molecule has 0 fully saturated rings. The molecule has 1 heterocycles. The molecule has 23 heavy (non-hydrogen) atoms. The molecule has 0 saturated heterocycles. The van der Waals surface area contributed by atoms with Crippen LogP contribution in [0.2, 0.25) is 0 Å². The van der Waals surface area contributed by atoms with Crippen molar-refractivity contribution in [1.82, 2.24) is 9.97 Å². The van der Waals surface area contributed by atoms with E-state index in [0.29, 0.717) is 23.3 Å². The van der Waals surface area contributed by atoms with Gasteiger partial charge in [0.15, 0.2) is 5.16 Å². The molecule has 0 aliphatic heterocycles. The Morgan fingerprint density at radius 2 is 1.61 bits per heavy atom. The molecule has 0 aliphatic rings. The zero-order valence-electron chi connectivity index (χ0n) is 13.4. The first-order valence-electron chi connectivity index (χ1n) is 7.06. The van der Waals surface area contributed by atoms with Crippen LogP contribution in [0, 0.1) is 0 Å². The molecule has 1 N–H and O–H groups in total. The largest absolute Gasteiger partial charge is 0.497 e. The number of aliphatic hydroxyl groups is 1. The highest BCUT2D eigenvalue weighted by atomic mass is 32.2. The van der Waals surface area contributed by atoms with Crippen LogP contribution in [0.3, 0.4) is 0 Å². The molecule has 2 rings (SSSR count). The molecule has 1 aromatic carbocycles. The highest BCUT2D eigenvalue weighted by Gasteiger charge is 2.15. The van der Waals surface area contributed by atoms with E-state index in [9.17, 15) is 5.11 Å². The number of rotatable bonds is 8. The fourth-order valence-electron chi connectivity index (χ4n) is 1.96. The van der Waals surface area contributed by atoms with E-state index in [4.69, 9.17) is 14.2 Å². The molecule has 1 aromatic heterocycles. The van der Waals surface area contributed by atoms with Crippen LogP contribution in [-0.2, 0) is 6.42 Å². The quantitative estimate of drug-likeness (QED) is 0.585. The van der Waals surface area contributed by atoms with Crippen molar-refractivity contribution in [3.05, 3.63) is 35.9 Å². The number of benzene rings is 1. The van der Waals surface area contributed by atoms with E-state index in [0.717, 1.165) is 11.3 Å². The van der Waals surface area contributed by atoms with Gasteiger partial charge in [0.1, 0.15) is 5.75 Å². The lowest BCUT2D eigenvalue weighted by Gasteiger charge is -2.14. The first kappa shape index (κ1) is 17.4. The van der Waals surface area contributed by atoms with Gasteiger partial charge in [-0.05, 0) is 24.1 Å². The second kappa shape index (κ2) is 8.59. The predicted molar refractivity (Wildman–Crippen MR) is 88.6 cm³/mol. The van der Waals surface area contributed by atoms with E-state index >= 15 is 0 Å². The number of nitrogens with zero attached hydrogens (tertiary/aromatic N) is 2. The Labute approximate surface area is 139 Å². The Morgan fingerprint density at radius 3 is 2.09 bits per heavy atom. The third kappa shape index (κ3) is 5.01. The molecule has 0 radical (unpaired) electrons. The van der Waals surface area contributed by atoms with E-state index in [2.05, 4.69) is 9.97 Å². The van der Waals surface area contributed by atoms with Crippen molar-refractivity contribution in [3.8, 4) is 17.5 Å². The van der Waals surface area contributed by atoms with Crippen LogP contribution in [0.25, 0.3) is 0 Å². The molecule has 0 saturated carbocycles. The summed E-state index contributed by atoms with van der Waals surface area (Å²) in [5, 5.41) is 10.1. The first-order chi connectivity index (χ1) is 11.2. The Bertz CT molecular complexity index is 600. The molecule has 1 atom stereocenters. The summed E-state index contributed by atoms with van der Waals surface area (Å²) >= 11 is 1.39. The van der Waals surface area contributed by atoms with Gasteiger partial charge < -0.3 is 19.3 Å². The van der Waals surface area contributed by atoms with Crippen molar-refractivity contribution in [2.75, 3.05) is 27.9 Å². The van der Waals surface area contributed by atoms with Gasteiger partial charge >= 0.3 is 0 Å². The summed E-state index contributed by atoms with van der Waals surface area (Å²) in [4.78, 5) is 8.55. The molecule has 0 spiro atoms. The average Bonchev–Trinajstić information content (AvgIpc) is 2.61. The molecular weight excluding hydrogens is 316 g/mol. The van der Waals surface area contributed by atoms with Crippen LogP contribution >= 0.6 is 11.8 Å². The Morgan fingerprint density at radius 1 is 1.00 bits per heavy atom. The monoisotopic (exact) mass is 336 g/mol. The van der Waals surface area contributed by atoms with Gasteiger partial charge in [-0.2, -0.15) is 9.97 Å². The lowest BCUT2D eigenvalue weighted by atomic mass is 10.1. The van der Waals surface area contributed by atoms with Crippen LogP contribution in [0.1, 0.15) is 5.56 Å². The molecule has 0 aliphatic carbocycles. The number of aliphatic hydroxyl groups excluding tert-OH is 1. The molecule has 7 heteroatoms. The van der Waals surface area contributed by atoms with E-state index in [1.54, 1.807) is 13.2 Å². The number of aromatic nitrogens is 2. The van der Waals surface area contributed by atoms with Crippen molar-refractivity contribution in [3.63, 3.8) is 0 Å². The van der Waals surface area contributed by atoms with Crippen molar-refractivity contribution >= 4 is 11.8 Å². The molecular formula is C16H20N2O4S. The third-order valence-corrected chi connectivity index (χ3v) is 4.22. The predicted octanol–water partition coefficient (Wildman–Crippen LogP) is 2.20. The summed E-state index contributed by atoms with van der Waals surface area (Å²) in [6.07, 6.45) is 0.689. The zero-order chi connectivity index (χ0) is 16.7. The molecule has 1 unspecified atom stereocenters. The highest BCUT2D eigenvalue weighted by Crippen LogP contribution is 2.27. The summed E-state index contributed by atoms with van der Waals surface area (Å²) < 4.78 is 15.4. The summed E-state index contributed by atoms with van der Waals surface area (Å²) in [6.45, 7) is 0.0135. The normalized spacial score (nSPS) is 11.8. The van der Waals surface area contributed by atoms with Gasteiger partial charge in [-0.1, -0.05) is 23.9 Å². The van der Waals surface area contributed by atoms with Gasteiger partial charge in [0.25, 0.3) is 0 Å². The lowest BCUT2D eigenvalue weighted by molar-refractivity contribution is 0.293. The zero-order valence-corrected chi connectivity index (χ0v) is 14.2. The van der Waals surface area contributed by atoms with Crippen LogP contribution in [0.4, 0.5) is 0 Å². The standard InChI is InChI=1S/C16H20N2O4S/c1-20-12-6-4-11(5-7-12)8-13(10-19)23-16-17-14(21-2)9-15(18-16)22-3/h4-7,9,13,19H,8,10H2,1-3H3. The maximum atomic E-state index is 9.64. The summed E-state index contributed by atoms with van der Waals surface area (Å²) in [7, 11) is 4.71. The Kier molecular flexibility index (Phi) is 6.49. The Hall–Kier alpha value is -1.99. The fraction of sp³-hybridized carbons (Fsp3) is 0.375. The molecule has 2 aromatic rings. The fourth-order valence-corrected chi connectivity index (χ4v) is 2.90. The first-order valence-corrected chi connectivity index (χ1v) is 7.94. The Balaban J connectivity index is 2.09. The molecule has 6 nitrogen and oxygen atoms in total. The van der Waals surface area contributed by atoms with Crippen molar-refractivity contribution in [2.45, 2.75) is 16.8 Å². The second-order valence-electron chi connectivity index (χ2n) is 4.71. The van der Waals surface area contributed by atoms with Gasteiger partial charge in [0, 0.05) is 5.25 Å². The van der Waals surface area contributed by atoms with Gasteiger partial charge in [0.2, 0.25) is 11.8 Å². The minimum absolute atomic E-state index is 0.0135. The van der Waals surface area contributed by atoms with Crippen molar-refractivity contribution < 1.29 is 19.3 Å². The number of thioether (sulfide) groups is 1. The van der Waals surface area contributed by atoms with Crippen LogP contribution in [0.15, 0.2) is 35.5 Å². The van der Waals surface area contributed by atoms with E-state index < -0.39 is 0 Å². The SMILES string of the molecule is COc1ccc(CC(CO)Sc2nc(OC)cc(OC)n2)cc1. The average molecular weight is 336 g/mol. The molecule has 0 amide bonds. The number of hydrogen-bond acceptors (Lipinski definition) is 7. The topological polar surface area (TPSA) is 73.7 Å². The van der Waals surface area contributed by atoms with Crippen molar-refractivity contribution in [2.24, 2.45) is 0 Å². The lowest BCUT2D eigenvalue weighted by Crippen LogP contribution is -2.13. The van der Waals surface area contributed by atoms with E-state index in [1.165, 1.54) is 26.0 Å². The summed E-state index contributed by atoms with van der Waals surface area (Å²) in [5.41, 5.74) is 1.10. The number of ether oxygens (including phenoxy) is 3. The highest BCUT2D eigenvalue weighted by molar-refractivity contribution is 7.99. The van der Waals surface area contributed by atoms with Gasteiger partial charge in [-0.15, -0.1) is 0 Å². The summed E-state index contributed by atoms with van der Waals surface area (Å²) in [6, 6.07) is 9.38. The minimum Gasteiger partial charge on any atom is -0.497 e. The van der Waals surface area contributed by atoms with Crippen LogP contribution < -0.4 is 14.2 Å². The number of methoxy groups -OCH3 is 3. The third-order valence-electron chi connectivity index (χ3n) is 3.18. The second-order valence-corrected chi connectivity index (χ2v) is 5.98. The summed E-state index contributed by atoms with van der Waals surface area (Å²) in [5.74, 6) is 1.67. The minimum atomic E-state index is -0.0693. The van der Waals surface area contributed by atoms with Crippen LogP contribution in [0.5, 0.6) is 17.5 Å². The van der Waals surface area contributed by atoms with Crippen molar-refractivity contribution in [1.29, 1.82) is 0 Å². The van der Waals surface area contributed by atoms with E-state index in [-0.39, 0.29) is 11.9 Å². The smallest absolute Gasteiger partial charge is 0.220 e. The van der Waals surface area contributed by atoms with E-state index in [1.807, 2.05) is 24.3 Å². The van der Waals surface area contributed by atoms with Gasteiger partial charge in [-0.3, -0.25) is 0 Å². The van der Waals surface area contributed by atoms with Gasteiger partial charge in [0.05, 0.1) is 34.0 Å². The van der Waals surface area contributed by atoms with Gasteiger partial charge in [-0.25, -0.2) is 0 Å². The molecule has 124 valence electrons. The maximum absolute atomic E-state index is 9.64. The molecule has 0 bridgehead atoms. The maximum Gasteiger partial charge on any atom is 0.220 e.